The van der Waals surface area contributed by atoms with Gasteiger partial charge in [0.05, 0.1) is 13.2 Å². The van der Waals surface area contributed by atoms with E-state index < -0.39 is 11.9 Å². The molecule has 36 heavy (non-hydrogen) atoms. The van der Waals surface area contributed by atoms with Crippen LogP contribution < -0.4 is 20.1 Å². The first-order valence-corrected chi connectivity index (χ1v) is 11.6. The quantitative estimate of drug-likeness (QED) is 0.344. The third-order valence-electron chi connectivity index (χ3n) is 5.39. The van der Waals surface area contributed by atoms with Crippen LogP contribution in [0.5, 0.6) is 11.5 Å². The first kappa shape index (κ1) is 24.5. The second-order valence-electron chi connectivity index (χ2n) is 8.21. The average molecular weight is 486 g/mol. The SMILES string of the molecule is CCOc1cc(/C=C2/NC(=O)N(Cc3ccccc3)C2=O)ccc1OCC(=O)Nc1cccc(C)c1. The number of amides is 4. The standard InChI is InChI=1S/C28H27N3O5/c1-3-35-25-16-21(12-13-24(25)36-18-26(32)29-22-11-7-8-19(2)14-22)15-23-27(33)31(28(34)30-23)17-20-9-5-4-6-10-20/h4-16H,3,17-18H2,1-2H3,(H,29,32)(H,30,34)/b23-15+. The maximum atomic E-state index is 12.8. The number of anilines is 1. The molecule has 184 valence electrons. The molecule has 1 fully saturated rings. The van der Waals surface area contributed by atoms with Crippen LogP contribution in [-0.2, 0) is 16.1 Å². The van der Waals surface area contributed by atoms with E-state index in [0.717, 1.165) is 16.0 Å². The van der Waals surface area contributed by atoms with E-state index in [0.29, 0.717) is 29.4 Å². The third kappa shape index (κ3) is 6.09. The Morgan fingerprint density at radius 3 is 2.53 bits per heavy atom. The number of aryl methyl sites for hydroxylation is 1. The maximum Gasteiger partial charge on any atom is 0.329 e. The van der Waals surface area contributed by atoms with Crippen molar-refractivity contribution in [1.29, 1.82) is 0 Å². The molecule has 1 saturated heterocycles. The van der Waals surface area contributed by atoms with Gasteiger partial charge < -0.3 is 20.1 Å². The number of nitrogens with zero attached hydrogens (tertiary/aromatic N) is 1. The fourth-order valence-electron chi connectivity index (χ4n) is 3.71. The number of carbonyl (C=O) groups is 3. The molecule has 3 aromatic carbocycles. The molecule has 8 nitrogen and oxygen atoms in total. The van der Waals surface area contributed by atoms with E-state index in [4.69, 9.17) is 9.47 Å². The molecule has 8 heteroatoms. The van der Waals surface area contributed by atoms with E-state index in [9.17, 15) is 14.4 Å². The van der Waals surface area contributed by atoms with Crippen molar-refractivity contribution in [2.45, 2.75) is 20.4 Å². The molecule has 0 aliphatic carbocycles. The highest BCUT2D eigenvalue weighted by Crippen LogP contribution is 2.30. The second kappa shape index (κ2) is 11.2. The zero-order valence-corrected chi connectivity index (χ0v) is 20.1. The lowest BCUT2D eigenvalue weighted by Gasteiger charge is -2.13. The van der Waals surface area contributed by atoms with Crippen LogP contribution in [0.2, 0.25) is 0 Å². The van der Waals surface area contributed by atoms with E-state index >= 15 is 0 Å². The Morgan fingerprint density at radius 1 is 0.972 bits per heavy atom. The summed E-state index contributed by atoms with van der Waals surface area (Å²) in [7, 11) is 0. The number of ether oxygens (including phenoxy) is 2. The Labute approximate surface area is 209 Å². The average Bonchev–Trinajstić information content (AvgIpc) is 3.11. The lowest BCUT2D eigenvalue weighted by molar-refractivity contribution is -0.123. The highest BCUT2D eigenvalue weighted by Gasteiger charge is 2.33. The largest absolute Gasteiger partial charge is 0.490 e. The summed E-state index contributed by atoms with van der Waals surface area (Å²) in [5.74, 6) is 0.112. The van der Waals surface area contributed by atoms with Gasteiger partial charge in [0.25, 0.3) is 11.8 Å². The van der Waals surface area contributed by atoms with Crippen LogP contribution >= 0.6 is 0 Å². The molecule has 1 heterocycles. The Bertz CT molecular complexity index is 1300. The number of hydrogen-bond donors (Lipinski definition) is 2. The topological polar surface area (TPSA) is 97.0 Å². The molecule has 0 spiro atoms. The normalized spacial score (nSPS) is 14.1. The van der Waals surface area contributed by atoms with Crippen molar-refractivity contribution < 1.29 is 23.9 Å². The summed E-state index contributed by atoms with van der Waals surface area (Å²) in [6.45, 7) is 4.15. The number of carbonyl (C=O) groups excluding carboxylic acids is 3. The van der Waals surface area contributed by atoms with Gasteiger partial charge in [-0.25, -0.2) is 4.79 Å². The van der Waals surface area contributed by atoms with Crippen LogP contribution in [0.4, 0.5) is 10.5 Å². The highest BCUT2D eigenvalue weighted by atomic mass is 16.5. The molecule has 2 N–H and O–H groups in total. The molecule has 1 aliphatic rings. The summed E-state index contributed by atoms with van der Waals surface area (Å²) in [6, 6.07) is 21.4. The third-order valence-corrected chi connectivity index (χ3v) is 5.39. The van der Waals surface area contributed by atoms with Crippen LogP contribution in [-0.4, -0.2) is 36.0 Å². The Kier molecular flexibility index (Phi) is 7.65. The maximum absolute atomic E-state index is 12.8. The Hall–Kier alpha value is -4.59. The van der Waals surface area contributed by atoms with E-state index in [2.05, 4.69) is 10.6 Å². The number of imide groups is 1. The lowest BCUT2D eigenvalue weighted by Crippen LogP contribution is -2.30. The number of rotatable bonds is 9. The minimum absolute atomic E-state index is 0.171. The number of nitrogens with one attached hydrogen (secondary N) is 2. The first-order chi connectivity index (χ1) is 17.4. The van der Waals surface area contributed by atoms with Crippen LogP contribution in [0.15, 0.2) is 78.5 Å². The van der Waals surface area contributed by atoms with Gasteiger partial charge in [0.15, 0.2) is 18.1 Å². The fourth-order valence-corrected chi connectivity index (χ4v) is 3.71. The predicted molar refractivity (Wildman–Crippen MR) is 136 cm³/mol. The second-order valence-corrected chi connectivity index (χ2v) is 8.21. The van der Waals surface area contributed by atoms with Gasteiger partial charge >= 0.3 is 6.03 Å². The zero-order chi connectivity index (χ0) is 25.5. The lowest BCUT2D eigenvalue weighted by atomic mass is 10.1. The molecule has 4 rings (SSSR count). The van der Waals surface area contributed by atoms with Crippen molar-refractivity contribution >= 4 is 29.6 Å². The van der Waals surface area contributed by atoms with Crippen LogP contribution in [0.25, 0.3) is 6.08 Å². The van der Waals surface area contributed by atoms with Gasteiger partial charge in [0.2, 0.25) is 0 Å². The summed E-state index contributed by atoms with van der Waals surface area (Å²) in [5.41, 5.74) is 3.40. The Morgan fingerprint density at radius 2 is 1.78 bits per heavy atom. The molecule has 0 aromatic heterocycles. The van der Waals surface area contributed by atoms with E-state index in [1.54, 1.807) is 24.3 Å². The van der Waals surface area contributed by atoms with Gasteiger partial charge in [-0.3, -0.25) is 14.5 Å². The zero-order valence-electron chi connectivity index (χ0n) is 20.1. The van der Waals surface area contributed by atoms with Gasteiger partial charge in [-0.1, -0.05) is 48.5 Å². The summed E-state index contributed by atoms with van der Waals surface area (Å²) in [6.07, 6.45) is 1.59. The van der Waals surface area contributed by atoms with Crippen molar-refractivity contribution in [2.75, 3.05) is 18.5 Å². The van der Waals surface area contributed by atoms with Crippen molar-refractivity contribution in [3.63, 3.8) is 0 Å². The van der Waals surface area contributed by atoms with Gasteiger partial charge in [-0.05, 0) is 60.9 Å². The van der Waals surface area contributed by atoms with E-state index in [1.165, 1.54) is 0 Å². The van der Waals surface area contributed by atoms with Gasteiger partial charge in [0, 0.05) is 5.69 Å². The molecule has 1 aliphatic heterocycles. The minimum Gasteiger partial charge on any atom is -0.490 e. The minimum atomic E-state index is -0.472. The molecular weight excluding hydrogens is 458 g/mol. The molecular formula is C28H27N3O5. The van der Waals surface area contributed by atoms with Gasteiger partial charge in [-0.15, -0.1) is 0 Å². The molecule has 0 saturated carbocycles. The van der Waals surface area contributed by atoms with Crippen molar-refractivity contribution in [1.82, 2.24) is 10.2 Å². The number of hydrogen-bond acceptors (Lipinski definition) is 5. The predicted octanol–water partition coefficient (Wildman–Crippen LogP) is 4.50. The molecule has 0 bridgehead atoms. The smallest absolute Gasteiger partial charge is 0.329 e. The summed E-state index contributed by atoms with van der Waals surface area (Å²) < 4.78 is 11.4. The van der Waals surface area contributed by atoms with E-state index in [-0.39, 0.29) is 24.8 Å². The first-order valence-electron chi connectivity index (χ1n) is 11.6. The molecule has 0 atom stereocenters. The molecule has 0 radical (unpaired) electrons. The molecule has 4 amide bonds. The van der Waals surface area contributed by atoms with Crippen LogP contribution in [0.3, 0.4) is 0 Å². The fraction of sp³-hybridized carbons (Fsp3) is 0.179. The number of urea groups is 1. The Balaban J connectivity index is 1.44. The van der Waals surface area contributed by atoms with E-state index in [1.807, 2.05) is 68.4 Å². The van der Waals surface area contributed by atoms with Crippen molar-refractivity contribution in [3.8, 4) is 11.5 Å². The number of benzene rings is 3. The highest BCUT2D eigenvalue weighted by molar-refractivity contribution is 6.13. The molecule has 0 unspecified atom stereocenters. The van der Waals surface area contributed by atoms with Gasteiger partial charge in [-0.2, -0.15) is 0 Å². The van der Waals surface area contributed by atoms with Gasteiger partial charge in [0.1, 0.15) is 5.70 Å². The van der Waals surface area contributed by atoms with Crippen molar-refractivity contribution in [3.05, 3.63) is 95.2 Å². The van der Waals surface area contributed by atoms with Crippen LogP contribution in [0, 0.1) is 6.92 Å². The summed E-state index contributed by atoms with van der Waals surface area (Å²) >= 11 is 0. The van der Waals surface area contributed by atoms with Crippen LogP contribution in [0.1, 0.15) is 23.6 Å². The summed E-state index contributed by atoms with van der Waals surface area (Å²) in [4.78, 5) is 38.7. The monoisotopic (exact) mass is 485 g/mol. The molecule has 3 aromatic rings. The van der Waals surface area contributed by atoms with Crippen molar-refractivity contribution in [2.24, 2.45) is 0 Å². The summed E-state index contributed by atoms with van der Waals surface area (Å²) in [5, 5.41) is 5.43.